The molecule has 4 heteroatoms. The first-order chi connectivity index (χ1) is 5.74. The highest BCUT2D eigenvalue weighted by Gasteiger charge is 2.08. The number of aryl methyl sites for hydroxylation is 1. The SMILES string of the molecule is C#CCOC(=O)c1cc(C)[nH]n1. The molecular weight excluding hydrogens is 156 g/mol. The number of carbonyl (C=O) groups excluding carboxylic acids is 1. The van der Waals surface area contributed by atoms with E-state index < -0.39 is 5.97 Å². The maximum atomic E-state index is 11.0. The molecule has 12 heavy (non-hydrogen) atoms. The molecule has 0 unspecified atom stereocenters. The van der Waals surface area contributed by atoms with Crippen LogP contribution < -0.4 is 0 Å². The predicted molar refractivity (Wildman–Crippen MR) is 42.4 cm³/mol. The van der Waals surface area contributed by atoms with Gasteiger partial charge in [-0.05, 0) is 13.0 Å². The van der Waals surface area contributed by atoms with Gasteiger partial charge in [0, 0.05) is 5.69 Å². The van der Waals surface area contributed by atoms with Gasteiger partial charge in [-0.15, -0.1) is 6.42 Å². The zero-order valence-corrected chi connectivity index (χ0v) is 6.63. The van der Waals surface area contributed by atoms with Crippen molar-refractivity contribution >= 4 is 5.97 Å². The van der Waals surface area contributed by atoms with Gasteiger partial charge in [0.15, 0.2) is 12.3 Å². The molecule has 1 N–H and O–H groups in total. The minimum Gasteiger partial charge on any atom is -0.448 e. The van der Waals surface area contributed by atoms with Crippen molar-refractivity contribution < 1.29 is 9.53 Å². The fourth-order valence-corrected chi connectivity index (χ4v) is 0.704. The highest BCUT2D eigenvalue weighted by atomic mass is 16.5. The number of nitrogens with zero attached hydrogens (tertiary/aromatic N) is 1. The van der Waals surface area contributed by atoms with Crippen LogP contribution in [0.2, 0.25) is 0 Å². The van der Waals surface area contributed by atoms with E-state index in [4.69, 9.17) is 6.42 Å². The summed E-state index contributed by atoms with van der Waals surface area (Å²) >= 11 is 0. The molecule has 0 fully saturated rings. The maximum absolute atomic E-state index is 11.0. The third-order valence-electron chi connectivity index (χ3n) is 1.20. The van der Waals surface area contributed by atoms with E-state index >= 15 is 0 Å². The largest absolute Gasteiger partial charge is 0.448 e. The minimum atomic E-state index is -0.502. The molecule has 0 aliphatic carbocycles. The van der Waals surface area contributed by atoms with Crippen molar-refractivity contribution in [3.8, 4) is 12.3 Å². The molecule has 0 aliphatic rings. The van der Waals surface area contributed by atoms with E-state index in [1.165, 1.54) is 0 Å². The van der Waals surface area contributed by atoms with Crippen LogP contribution in [0.4, 0.5) is 0 Å². The topological polar surface area (TPSA) is 55.0 Å². The Bertz CT molecular complexity index is 322. The maximum Gasteiger partial charge on any atom is 0.359 e. The van der Waals surface area contributed by atoms with Gasteiger partial charge in [0.1, 0.15) is 0 Å². The third kappa shape index (κ3) is 1.86. The second-order valence-corrected chi connectivity index (χ2v) is 2.22. The Morgan fingerprint density at radius 2 is 2.67 bits per heavy atom. The second-order valence-electron chi connectivity index (χ2n) is 2.22. The van der Waals surface area contributed by atoms with Crippen LogP contribution in [-0.2, 0) is 4.74 Å². The van der Waals surface area contributed by atoms with Crippen LogP contribution in [0.5, 0.6) is 0 Å². The lowest BCUT2D eigenvalue weighted by molar-refractivity contribution is 0.0550. The molecule has 0 saturated heterocycles. The van der Waals surface area contributed by atoms with Crippen molar-refractivity contribution in [2.45, 2.75) is 6.92 Å². The number of hydrogen-bond acceptors (Lipinski definition) is 3. The lowest BCUT2D eigenvalue weighted by atomic mass is 10.4. The van der Waals surface area contributed by atoms with Crippen molar-refractivity contribution in [1.29, 1.82) is 0 Å². The first-order valence-electron chi connectivity index (χ1n) is 3.36. The third-order valence-corrected chi connectivity index (χ3v) is 1.20. The number of H-pyrrole nitrogens is 1. The molecule has 1 aromatic heterocycles. The van der Waals surface area contributed by atoms with E-state index in [1.807, 2.05) is 0 Å². The number of carbonyl (C=O) groups is 1. The highest BCUT2D eigenvalue weighted by Crippen LogP contribution is 1.99. The summed E-state index contributed by atoms with van der Waals surface area (Å²) in [6, 6.07) is 1.60. The molecule has 1 heterocycles. The van der Waals surface area contributed by atoms with Gasteiger partial charge in [0.05, 0.1) is 0 Å². The van der Waals surface area contributed by atoms with E-state index in [-0.39, 0.29) is 12.3 Å². The Kier molecular flexibility index (Phi) is 2.49. The molecule has 0 spiro atoms. The molecule has 62 valence electrons. The number of ether oxygens (including phenoxy) is 1. The molecule has 0 amide bonds. The zero-order valence-electron chi connectivity index (χ0n) is 6.63. The van der Waals surface area contributed by atoms with Crippen LogP contribution in [-0.4, -0.2) is 22.8 Å². The number of hydrogen-bond donors (Lipinski definition) is 1. The predicted octanol–water partition coefficient (Wildman–Crippen LogP) is 0.508. The Hall–Kier alpha value is -1.76. The molecule has 4 nitrogen and oxygen atoms in total. The lowest BCUT2D eigenvalue weighted by Crippen LogP contribution is -2.05. The lowest BCUT2D eigenvalue weighted by Gasteiger charge is -1.94. The first-order valence-corrected chi connectivity index (χ1v) is 3.36. The molecular formula is C8H8N2O2. The van der Waals surface area contributed by atoms with Crippen molar-refractivity contribution in [2.24, 2.45) is 0 Å². The average molecular weight is 164 g/mol. The summed E-state index contributed by atoms with van der Waals surface area (Å²) in [5.74, 6) is 1.69. The number of esters is 1. The van der Waals surface area contributed by atoms with Gasteiger partial charge in [-0.1, -0.05) is 5.92 Å². The van der Waals surface area contributed by atoms with Crippen molar-refractivity contribution in [1.82, 2.24) is 10.2 Å². The standard InChI is InChI=1S/C8H8N2O2/c1-3-4-12-8(11)7-5-6(2)9-10-7/h1,5H,4H2,2H3,(H,9,10). The van der Waals surface area contributed by atoms with Crippen molar-refractivity contribution in [2.75, 3.05) is 6.61 Å². The molecule has 1 rings (SSSR count). The number of aromatic amines is 1. The summed E-state index contributed by atoms with van der Waals surface area (Å²) in [5.41, 5.74) is 1.06. The quantitative estimate of drug-likeness (QED) is 0.511. The normalized spacial score (nSPS) is 9.00. The van der Waals surface area contributed by atoms with Gasteiger partial charge < -0.3 is 4.74 Å². The van der Waals surface area contributed by atoms with E-state index in [1.54, 1.807) is 13.0 Å². The van der Waals surface area contributed by atoms with Gasteiger partial charge in [0.25, 0.3) is 0 Å². The molecule has 0 aliphatic heterocycles. The summed E-state index contributed by atoms with van der Waals surface area (Å²) in [6.45, 7) is 1.77. The Morgan fingerprint density at radius 1 is 1.92 bits per heavy atom. The van der Waals surface area contributed by atoms with Gasteiger partial charge >= 0.3 is 5.97 Å². The Labute approximate surface area is 69.9 Å². The molecule has 0 atom stereocenters. The molecule has 1 aromatic rings. The summed E-state index contributed by atoms with van der Waals surface area (Å²) in [6.07, 6.45) is 4.90. The highest BCUT2D eigenvalue weighted by molar-refractivity contribution is 5.87. The average Bonchev–Trinajstić information content (AvgIpc) is 2.47. The number of terminal acetylenes is 1. The van der Waals surface area contributed by atoms with Crippen molar-refractivity contribution in [3.63, 3.8) is 0 Å². The smallest absolute Gasteiger partial charge is 0.359 e. The van der Waals surface area contributed by atoms with Crippen LogP contribution in [0.1, 0.15) is 16.2 Å². The van der Waals surface area contributed by atoms with Gasteiger partial charge in [-0.3, -0.25) is 5.10 Å². The summed E-state index contributed by atoms with van der Waals surface area (Å²) in [7, 11) is 0. The van der Waals surface area contributed by atoms with Crippen LogP contribution in [0.3, 0.4) is 0 Å². The fraction of sp³-hybridized carbons (Fsp3) is 0.250. The zero-order chi connectivity index (χ0) is 8.97. The van der Waals surface area contributed by atoms with Gasteiger partial charge in [-0.2, -0.15) is 5.10 Å². The molecule has 0 radical (unpaired) electrons. The Balaban J connectivity index is 2.61. The fourth-order valence-electron chi connectivity index (χ4n) is 0.704. The monoisotopic (exact) mass is 164 g/mol. The van der Waals surface area contributed by atoms with E-state index in [2.05, 4.69) is 20.9 Å². The van der Waals surface area contributed by atoms with Crippen LogP contribution in [0.15, 0.2) is 6.07 Å². The second kappa shape index (κ2) is 3.58. The minimum absolute atomic E-state index is 0.0231. The van der Waals surface area contributed by atoms with Gasteiger partial charge in [-0.25, -0.2) is 4.79 Å². The Morgan fingerprint density at radius 3 is 3.17 bits per heavy atom. The van der Waals surface area contributed by atoms with Crippen LogP contribution in [0.25, 0.3) is 0 Å². The molecule has 0 aromatic carbocycles. The van der Waals surface area contributed by atoms with Crippen molar-refractivity contribution in [3.05, 3.63) is 17.5 Å². The molecule has 0 bridgehead atoms. The number of nitrogens with one attached hydrogen (secondary N) is 1. The summed E-state index contributed by atoms with van der Waals surface area (Å²) in [5, 5.41) is 6.32. The summed E-state index contributed by atoms with van der Waals surface area (Å²) < 4.78 is 4.63. The first kappa shape index (κ1) is 8.34. The van der Waals surface area contributed by atoms with E-state index in [0.29, 0.717) is 0 Å². The van der Waals surface area contributed by atoms with E-state index in [0.717, 1.165) is 5.69 Å². The summed E-state index contributed by atoms with van der Waals surface area (Å²) in [4.78, 5) is 11.0. The number of aromatic nitrogens is 2. The van der Waals surface area contributed by atoms with Gasteiger partial charge in [0.2, 0.25) is 0 Å². The molecule has 0 saturated carbocycles. The number of rotatable bonds is 2. The van der Waals surface area contributed by atoms with E-state index in [9.17, 15) is 4.79 Å². The van der Waals surface area contributed by atoms with Crippen LogP contribution in [0, 0.1) is 19.3 Å². The van der Waals surface area contributed by atoms with Crippen LogP contribution >= 0.6 is 0 Å².